The highest BCUT2D eigenvalue weighted by Crippen LogP contribution is 2.53. The highest BCUT2D eigenvalue weighted by atomic mass is 35.5. The number of hydrogen-bond acceptors (Lipinski definition) is 5. The summed E-state index contributed by atoms with van der Waals surface area (Å²) >= 11 is 12.2. The number of ether oxygens (including phenoxy) is 1. The van der Waals surface area contributed by atoms with Crippen LogP contribution in [0, 0.1) is 28.4 Å². The third kappa shape index (κ3) is 5.67. The van der Waals surface area contributed by atoms with Crippen molar-refractivity contribution in [2.24, 2.45) is 5.41 Å². The van der Waals surface area contributed by atoms with Crippen molar-refractivity contribution in [1.29, 1.82) is 5.26 Å². The average Bonchev–Trinajstić information content (AvgIpc) is 3.23. The molecule has 0 spiro atoms. The molecule has 0 saturated carbocycles. The van der Waals surface area contributed by atoms with E-state index in [9.17, 15) is 20.0 Å². The van der Waals surface area contributed by atoms with Gasteiger partial charge in [0.1, 0.15) is 22.8 Å². The van der Waals surface area contributed by atoms with Gasteiger partial charge >= 0.3 is 5.97 Å². The molecule has 0 aromatic heterocycles. The summed E-state index contributed by atoms with van der Waals surface area (Å²) < 4.78 is 36.9. The van der Waals surface area contributed by atoms with Gasteiger partial charge < -0.3 is 20.5 Å². The Labute approximate surface area is 252 Å². The number of methoxy groups -OCH3 is 1. The fourth-order valence-electron chi connectivity index (χ4n) is 5.77. The Bertz CT molecular complexity index is 1590. The molecule has 4 atom stereocenters. The summed E-state index contributed by atoms with van der Waals surface area (Å²) in [5, 5.41) is 26.4. The average molecular weight is 616 g/mol. The van der Waals surface area contributed by atoms with Crippen molar-refractivity contribution in [1.82, 2.24) is 5.32 Å². The van der Waals surface area contributed by atoms with Gasteiger partial charge in [0.2, 0.25) is 5.91 Å². The van der Waals surface area contributed by atoms with Crippen LogP contribution in [0.2, 0.25) is 10.0 Å². The van der Waals surface area contributed by atoms with E-state index in [0.29, 0.717) is 0 Å². The minimum atomic E-state index is -1.83. The maximum absolute atomic E-state index is 15.8. The Balaban J connectivity index is 1.99. The lowest BCUT2D eigenvalue weighted by Gasteiger charge is -2.37. The van der Waals surface area contributed by atoms with Crippen LogP contribution in [0.15, 0.2) is 54.6 Å². The maximum Gasteiger partial charge on any atom is 0.337 e. The molecule has 220 valence electrons. The number of carbonyl (C=O) groups is 2. The molecule has 1 aliphatic rings. The second-order valence-corrected chi connectivity index (χ2v) is 12.2. The van der Waals surface area contributed by atoms with E-state index in [1.807, 2.05) is 20.8 Å². The van der Waals surface area contributed by atoms with Crippen LogP contribution in [0.4, 0.5) is 14.5 Å². The lowest BCUT2D eigenvalue weighted by Crippen LogP contribution is -2.45. The van der Waals surface area contributed by atoms with Gasteiger partial charge in [-0.1, -0.05) is 68.2 Å². The van der Waals surface area contributed by atoms with E-state index in [2.05, 4.69) is 16.7 Å². The molecular weight excluding hydrogens is 587 g/mol. The summed E-state index contributed by atoms with van der Waals surface area (Å²) in [6.07, 6.45) is 0.278. The highest BCUT2D eigenvalue weighted by molar-refractivity contribution is 6.31. The zero-order chi connectivity index (χ0) is 31.0. The monoisotopic (exact) mass is 615 g/mol. The van der Waals surface area contributed by atoms with Crippen LogP contribution < -0.4 is 15.4 Å². The minimum Gasteiger partial charge on any atom is -0.495 e. The van der Waals surface area contributed by atoms with Crippen LogP contribution in [0.3, 0.4) is 0 Å². The lowest BCUT2D eigenvalue weighted by molar-refractivity contribution is -0.118. The summed E-state index contributed by atoms with van der Waals surface area (Å²) in [7, 11) is 1.32. The molecule has 0 aliphatic carbocycles. The number of halogens is 4. The van der Waals surface area contributed by atoms with E-state index in [0.717, 1.165) is 6.07 Å². The van der Waals surface area contributed by atoms with Crippen molar-refractivity contribution in [2.75, 3.05) is 12.4 Å². The molecule has 42 heavy (non-hydrogen) atoms. The number of hydrogen-bond donors (Lipinski definition) is 3. The van der Waals surface area contributed by atoms with Crippen LogP contribution >= 0.6 is 23.2 Å². The number of amides is 1. The predicted molar refractivity (Wildman–Crippen MR) is 156 cm³/mol. The number of carboxylic acids is 1. The Morgan fingerprint density at radius 1 is 1.14 bits per heavy atom. The van der Waals surface area contributed by atoms with Crippen LogP contribution in [0.5, 0.6) is 5.75 Å². The second-order valence-electron chi connectivity index (χ2n) is 11.4. The molecule has 3 aromatic rings. The van der Waals surface area contributed by atoms with Crippen LogP contribution in [-0.4, -0.2) is 36.2 Å². The van der Waals surface area contributed by atoms with Gasteiger partial charge in [-0.2, -0.15) is 5.26 Å². The smallest absolute Gasteiger partial charge is 0.337 e. The fourth-order valence-corrected chi connectivity index (χ4v) is 6.11. The number of carboxylic acid groups (broad SMARTS) is 1. The molecule has 3 aromatic carbocycles. The van der Waals surface area contributed by atoms with E-state index < -0.39 is 52.3 Å². The molecule has 0 bridgehead atoms. The normalized spacial score (nSPS) is 21.9. The van der Waals surface area contributed by atoms with Gasteiger partial charge in [0.15, 0.2) is 0 Å². The van der Waals surface area contributed by atoms with E-state index in [1.54, 1.807) is 0 Å². The Hall–Kier alpha value is -3.71. The summed E-state index contributed by atoms with van der Waals surface area (Å²) in [4.78, 5) is 26.1. The topological polar surface area (TPSA) is 111 Å². The number of nitrogens with zero attached hydrogens (tertiary/aromatic N) is 1. The SMILES string of the molecule is COc1cccc(C(=O)O)c1NC(=O)[C@@H]1N[C@@H](CC(C)(C)C)[C@](C#N)(c2ccc(Cl)cc2F)[C@H]1c1cccc(Cl)c1F. The molecule has 1 heterocycles. The van der Waals surface area contributed by atoms with Gasteiger partial charge in [-0.05, 0) is 47.7 Å². The molecule has 1 aliphatic heterocycles. The van der Waals surface area contributed by atoms with Crippen molar-refractivity contribution in [3.05, 3.63) is 93.0 Å². The summed E-state index contributed by atoms with van der Waals surface area (Å²) in [6, 6.07) is 12.4. The Kier molecular flexibility index (Phi) is 8.84. The molecule has 1 amide bonds. The van der Waals surface area contributed by atoms with Crippen LogP contribution in [0.1, 0.15) is 54.6 Å². The van der Waals surface area contributed by atoms with Crippen molar-refractivity contribution >= 4 is 40.8 Å². The molecule has 3 N–H and O–H groups in total. The first-order chi connectivity index (χ1) is 19.7. The zero-order valence-corrected chi connectivity index (χ0v) is 24.8. The standard InChI is InChI=1S/C31H29Cl2F2N3O4/c1-30(2,3)14-23-31(15-36,19-12-11-16(32)13-21(19)34)24(17-7-5-9-20(33)25(17)35)27(37-23)28(39)38-26-18(29(40)41)8-6-10-22(26)42-4/h5-13,23-24,27,37H,14H2,1-4H3,(H,38,39)(H,40,41)/t23-,24-,27+,31-/m0/s1. The minimum absolute atomic E-state index is 0.0701. The van der Waals surface area contributed by atoms with Crippen LogP contribution in [-0.2, 0) is 10.2 Å². The lowest BCUT2D eigenvalue weighted by atomic mass is 9.62. The van der Waals surface area contributed by atoms with Gasteiger partial charge in [-0.3, -0.25) is 4.79 Å². The molecule has 4 rings (SSSR count). The first-order valence-corrected chi connectivity index (χ1v) is 13.8. The number of aromatic carboxylic acids is 1. The highest BCUT2D eigenvalue weighted by Gasteiger charge is 2.61. The first kappa shape index (κ1) is 31.2. The number of rotatable bonds is 7. The molecule has 11 heteroatoms. The molecule has 7 nitrogen and oxygen atoms in total. The number of nitriles is 1. The summed E-state index contributed by atoms with van der Waals surface area (Å²) in [5.41, 5.74) is -2.77. The number of benzene rings is 3. The van der Waals surface area contributed by atoms with E-state index in [-0.39, 0.29) is 44.6 Å². The van der Waals surface area contributed by atoms with Crippen LogP contribution in [0.25, 0.3) is 0 Å². The Morgan fingerprint density at radius 2 is 1.83 bits per heavy atom. The number of para-hydroxylation sites is 1. The summed E-state index contributed by atoms with van der Waals surface area (Å²) in [5.74, 6) is -4.99. The third-order valence-corrected chi connectivity index (χ3v) is 7.98. The third-order valence-electron chi connectivity index (χ3n) is 7.46. The van der Waals surface area contributed by atoms with Crippen molar-refractivity contribution in [3.63, 3.8) is 0 Å². The van der Waals surface area contributed by atoms with E-state index in [4.69, 9.17) is 27.9 Å². The van der Waals surface area contributed by atoms with Crippen molar-refractivity contribution < 1.29 is 28.2 Å². The number of nitrogens with one attached hydrogen (secondary N) is 2. The molecule has 0 unspecified atom stereocenters. The van der Waals surface area contributed by atoms with Gasteiger partial charge in [0.05, 0.1) is 35.5 Å². The first-order valence-electron chi connectivity index (χ1n) is 13.0. The van der Waals surface area contributed by atoms with Crippen molar-refractivity contribution in [2.45, 2.75) is 50.6 Å². The van der Waals surface area contributed by atoms with E-state index >= 15 is 8.78 Å². The molecule has 1 saturated heterocycles. The quantitative estimate of drug-likeness (QED) is 0.265. The zero-order valence-electron chi connectivity index (χ0n) is 23.3. The van der Waals surface area contributed by atoms with E-state index in [1.165, 1.54) is 55.6 Å². The van der Waals surface area contributed by atoms with Gasteiger partial charge in [0, 0.05) is 22.5 Å². The largest absolute Gasteiger partial charge is 0.495 e. The fraction of sp³-hybridized carbons (Fsp3) is 0.323. The van der Waals surface area contributed by atoms with Gasteiger partial charge in [-0.15, -0.1) is 0 Å². The number of carbonyl (C=O) groups excluding carboxylic acids is 1. The summed E-state index contributed by atoms with van der Waals surface area (Å²) in [6.45, 7) is 5.77. The number of anilines is 1. The predicted octanol–water partition coefficient (Wildman–Crippen LogP) is 6.94. The molecule has 0 radical (unpaired) electrons. The second kappa shape index (κ2) is 11.9. The molecule has 1 fully saturated rings. The molecular formula is C31H29Cl2F2N3O4. The van der Waals surface area contributed by atoms with Gasteiger partial charge in [0.25, 0.3) is 0 Å². The maximum atomic E-state index is 15.8. The van der Waals surface area contributed by atoms with Crippen molar-refractivity contribution in [3.8, 4) is 11.8 Å². The van der Waals surface area contributed by atoms with Gasteiger partial charge in [-0.25, -0.2) is 13.6 Å². The Morgan fingerprint density at radius 3 is 2.43 bits per heavy atom.